The van der Waals surface area contributed by atoms with Crippen molar-refractivity contribution in [1.29, 1.82) is 0 Å². The molecule has 1 atom stereocenters. The summed E-state index contributed by atoms with van der Waals surface area (Å²) >= 11 is 0. The Hall–Kier alpha value is -1.02. The standard InChI is InChI=1S/C13H17NO/c1-15-12-5-6-13-10(9-12)8-11-4-2-3-7-14(11)13/h5-6,8,12H,2-4,7,9H2,1H3. The molecule has 0 radical (unpaired) electrons. The molecule has 80 valence electrons. The van der Waals surface area contributed by atoms with Crippen molar-refractivity contribution >= 4 is 6.08 Å². The second-order valence-electron chi connectivity index (χ2n) is 4.49. The average Bonchev–Trinajstić information content (AvgIpc) is 2.66. The van der Waals surface area contributed by atoms with E-state index in [1.165, 1.54) is 42.8 Å². The molecule has 0 bridgehead atoms. The van der Waals surface area contributed by atoms with E-state index in [2.05, 4.69) is 22.8 Å². The fourth-order valence-electron chi connectivity index (χ4n) is 2.73. The second kappa shape index (κ2) is 3.53. The molecule has 0 spiro atoms. The molecule has 3 rings (SSSR count). The molecule has 2 aliphatic rings. The zero-order chi connectivity index (χ0) is 10.3. The van der Waals surface area contributed by atoms with Gasteiger partial charge in [-0.2, -0.15) is 0 Å². The van der Waals surface area contributed by atoms with Crippen LogP contribution in [0.4, 0.5) is 0 Å². The normalized spacial score (nSPS) is 23.7. The minimum atomic E-state index is 0.280. The van der Waals surface area contributed by atoms with Crippen LogP contribution >= 0.6 is 0 Å². The van der Waals surface area contributed by atoms with Crippen LogP contribution in [0, 0.1) is 0 Å². The van der Waals surface area contributed by atoms with Crippen molar-refractivity contribution in [3.05, 3.63) is 29.1 Å². The van der Waals surface area contributed by atoms with Crippen molar-refractivity contribution in [1.82, 2.24) is 4.57 Å². The summed E-state index contributed by atoms with van der Waals surface area (Å²) in [5.41, 5.74) is 4.42. The van der Waals surface area contributed by atoms with Crippen molar-refractivity contribution in [2.24, 2.45) is 0 Å². The molecule has 0 N–H and O–H groups in total. The van der Waals surface area contributed by atoms with Gasteiger partial charge in [0.1, 0.15) is 0 Å². The van der Waals surface area contributed by atoms with E-state index in [1.807, 2.05) is 0 Å². The lowest BCUT2D eigenvalue weighted by Crippen LogP contribution is -2.16. The van der Waals surface area contributed by atoms with Crippen molar-refractivity contribution in [2.45, 2.75) is 38.3 Å². The molecule has 1 aromatic heterocycles. The second-order valence-corrected chi connectivity index (χ2v) is 4.49. The molecule has 0 saturated carbocycles. The van der Waals surface area contributed by atoms with Gasteiger partial charge in [-0.25, -0.2) is 0 Å². The Morgan fingerprint density at radius 2 is 2.33 bits per heavy atom. The molecule has 15 heavy (non-hydrogen) atoms. The van der Waals surface area contributed by atoms with Gasteiger partial charge in [0, 0.05) is 31.5 Å². The Bertz CT molecular complexity index is 403. The van der Waals surface area contributed by atoms with E-state index in [1.54, 1.807) is 7.11 Å². The van der Waals surface area contributed by atoms with E-state index in [4.69, 9.17) is 4.74 Å². The molecule has 1 aliphatic heterocycles. The number of nitrogens with zero attached hydrogens (tertiary/aromatic N) is 1. The lowest BCUT2D eigenvalue weighted by Gasteiger charge is -2.19. The number of hydrogen-bond acceptors (Lipinski definition) is 1. The highest BCUT2D eigenvalue weighted by Crippen LogP contribution is 2.28. The predicted octanol–water partition coefficient (Wildman–Crippen LogP) is 2.41. The third-order valence-electron chi connectivity index (χ3n) is 3.56. The molecule has 0 aromatic carbocycles. The molecule has 1 unspecified atom stereocenters. The molecule has 2 heteroatoms. The van der Waals surface area contributed by atoms with E-state index in [0.29, 0.717) is 0 Å². The first-order chi connectivity index (χ1) is 7.38. The van der Waals surface area contributed by atoms with Crippen LogP contribution in [0.1, 0.15) is 29.8 Å². The van der Waals surface area contributed by atoms with Crippen LogP contribution in [-0.2, 0) is 24.1 Å². The zero-order valence-electron chi connectivity index (χ0n) is 9.20. The third kappa shape index (κ3) is 1.44. The Morgan fingerprint density at radius 1 is 1.40 bits per heavy atom. The van der Waals surface area contributed by atoms with Crippen LogP contribution < -0.4 is 0 Å². The molecular weight excluding hydrogens is 186 g/mol. The fourth-order valence-corrected chi connectivity index (χ4v) is 2.73. The zero-order valence-corrected chi connectivity index (χ0v) is 9.20. The van der Waals surface area contributed by atoms with Gasteiger partial charge >= 0.3 is 0 Å². The minimum Gasteiger partial charge on any atom is -0.377 e. The SMILES string of the molecule is COC1C=Cc2c(cc3n2CCCC3)C1. The number of aryl methyl sites for hydroxylation is 1. The highest BCUT2D eigenvalue weighted by Gasteiger charge is 2.20. The van der Waals surface area contributed by atoms with Crippen LogP contribution in [0.25, 0.3) is 6.08 Å². The van der Waals surface area contributed by atoms with Gasteiger partial charge in [-0.05, 0) is 37.0 Å². The number of methoxy groups -OCH3 is 1. The summed E-state index contributed by atoms with van der Waals surface area (Å²) < 4.78 is 7.87. The van der Waals surface area contributed by atoms with Crippen molar-refractivity contribution in [2.75, 3.05) is 7.11 Å². The molecular formula is C13H17NO. The first-order valence-corrected chi connectivity index (χ1v) is 5.81. The molecule has 2 nitrogen and oxygen atoms in total. The highest BCUT2D eigenvalue weighted by molar-refractivity contribution is 5.56. The number of fused-ring (bicyclic) bond motifs is 3. The van der Waals surface area contributed by atoms with Gasteiger partial charge in [0.25, 0.3) is 0 Å². The summed E-state index contributed by atoms with van der Waals surface area (Å²) in [6.45, 7) is 1.20. The lowest BCUT2D eigenvalue weighted by atomic mass is 10.0. The summed E-state index contributed by atoms with van der Waals surface area (Å²) in [5, 5.41) is 0. The van der Waals surface area contributed by atoms with E-state index in [0.717, 1.165) is 6.42 Å². The Labute approximate surface area is 90.5 Å². The third-order valence-corrected chi connectivity index (χ3v) is 3.56. The molecule has 1 aromatic rings. The van der Waals surface area contributed by atoms with Gasteiger partial charge in [0.05, 0.1) is 6.10 Å². The predicted molar refractivity (Wildman–Crippen MR) is 60.9 cm³/mol. The van der Waals surface area contributed by atoms with E-state index < -0.39 is 0 Å². The van der Waals surface area contributed by atoms with E-state index >= 15 is 0 Å². The van der Waals surface area contributed by atoms with Crippen molar-refractivity contribution in [3.8, 4) is 0 Å². The largest absolute Gasteiger partial charge is 0.377 e. The summed E-state index contributed by atoms with van der Waals surface area (Å²) in [6.07, 6.45) is 9.67. The van der Waals surface area contributed by atoms with Gasteiger partial charge < -0.3 is 9.30 Å². The van der Waals surface area contributed by atoms with Crippen LogP contribution in [0.2, 0.25) is 0 Å². The smallest absolute Gasteiger partial charge is 0.0796 e. The number of hydrogen-bond donors (Lipinski definition) is 0. The fraction of sp³-hybridized carbons (Fsp3) is 0.538. The maximum atomic E-state index is 5.38. The van der Waals surface area contributed by atoms with Crippen molar-refractivity contribution < 1.29 is 4.74 Å². The van der Waals surface area contributed by atoms with E-state index in [-0.39, 0.29) is 6.10 Å². The summed E-state index contributed by atoms with van der Waals surface area (Å²) in [6, 6.07) is 2.38. The summed E-state index contributed by atoms with van der Waals surface area (Å²) in [7, 11) is 1.79. The topological polar surface area (TPSA) is 14.2 Å². The van der Waals surface area contributed by atoms with Crippen LogP contribution in [0.3, 0.4) is 0 Å². The van der Waals surface area contributed by atoms with Gasteiger partial charge in [0.15, 0.2) is 0 Å². The van der Waals surface area contributed by atoms with Gasteiger partial charge in [-0.3, -0.25) is 0 Å². The number of rotatable bonds is 1. The van der Waals surface area contributed by atoms with Crippen LogP contribution in [-0.4, -0.2) is 17.8 Å². The Kier molecular flexibility index (Phi) is 2.17. The van der Waals surface area contributed by atoms with Gasteiger partial charge in [-0.15, -0.1) is 0 Å². The molecule has 0 amide bonds. The quantitative estimate of drug-likeness (QED) is 0.683. The monoisotopic (exact) mass is 203 g/mol. The number of ether oxygens (including phenoxy) is 1. The Morgan fingerprint density at radius 3 is 3.20 bits per heavy atom. The molecule has 1 aliphatic carbocycles. The number of aromatic nitrogens is 1. The highest BCUT2D eigenvalue weighted by atomic mass is 16.5. The Balaban J connectivity index is 2.01. The lowest BCUT2D eigenvalue weighted by molar-refractivity contribution is 0.141. The first kappa shape index (κ1) is 9.22. The van der Waals surface area contributed by atoms with Gasteiger partial charge in [0.2, 0.25) is 0 Å². The molecule has 0 fully saturated rings. The van der Waals surface area contributed by atoms with Crippen LogP contribution in [0.5, 0.6) is 0 Å². The molecule has 0 saturated heterocycles. The van der Waals surface area contributed by atoms with Crippen molar-refractivity contribution in [3.63, 3.8) is 0 Å². The van der Waals surface area contributed by atoms with Crippen LogP contribution in [0.15, 0.2) is 12.1 Å². The van der Waals surface area contributed by atoms with Gasteiger partial charge in [-0.1, -0.05) is 6.08 Å². The summed E-state index contributed by atoms with van der Waals surface area (Å²) in [4.78, 5) is 0. The summed E-state index contributed by atoms with van der Waals surface area (Å²) in [5.74, 6) is 0. The minimum absolute atomic E-state index is 0.280. The average molecular weight is 203 g/mol. The van der Waals surface area contributed by atoms with E-state index in [9.17, 15) is 0 Å². The maximum Gasteiger partial charge on any atom is 0.0796 e. The first-order valence-electron chi connectivity index (χ1n) is 5.81. The molecule has 2 heterocycles. The maximum absolute atomic E-state index is 5.38.